The Morgan fingerprint density at radius 1 is 0.867 bits per heavy atom. The summed E-state index contributed by atoms with van der Waals surface area (Å²) in [5, 5.41) is 28.1. The van der Waals surface area contributed by atoms with Crippen LogP contribution in [0.3, 0.4) is 0 Å². The van der Waals surface area contributed by atoms with Crippen molar-refractivity contribution < 1.29 is 26.8 Å². The standard InChI is InChI=1S/C19H21NO2.C19H4.ClH.HNO2.8H2/c1-2-9-20-10-8-12-4-3-5-14-17(12)15(20)11-13-6-7-16(21)19(22)18(13)14;1-3-5-7-9-11-13-15-17-19-18-16-14-12-10-8-6-4-2;;2-1-3;;;;;;;;/h3-7,15,21-22H,2,8-11H2,1H3;1H,2H3;1H;(H,2,3);8*1H/t15-;;;;;;;;;;;/m1.........../s1. The molecule has 4 rings (SSSR count). The number of aromatic hydroxyl groups is 2. The third-order valence-electron chi connectivity index (χ3n) is 6.15. The molecule has 1 atom stereocenters. The fourth-order valence-corrected chi connectivity index (χ4v) is 4.64. The number of halogens is 1. The van der Waals surface area contributed by atoms with E-state index in [9.17, 15) is 10.2 Å². The van der Waals surface area contributed by atoms with Gasteiger partial charge in [0, 0.05) is 29.6 Å². The van der Waals surface area contributed by atoms with Crippen molar-refractivity contribution in [3.8, 4) is 130 Å². The minimum atomic E-state index is -0.0315. The lowest BCUT2D eigenvalue weighted by Gasteiger charge is -2.41. The zero-order valence-corrected chi connectivity index (χ0v) is 25.4. The molecule has 0 spiro atoms. The summed E-state index contributed by atoms with van der Waals surface area (Å²) in [5.41, 5.74) is 5.80. The van der Waals surface area contributed by atoms with Crippen LogP contribution >= 0.6 is 12.4 Å². The van der Waals surface area contributed by atoms with Crippen molar-refractivity contribution in [3.05, 3.63) is 51.9 Å². The smallest absolute Gasteiger partial charge is 0.165 e. The first-order valence-corrected chi connectivity index (χ1v) is 13.3. The summed E-state index contributed by atoms with van der Waals surface area (Å²) < 4.78 is 0. The van der Waals surface area contributed by atoms with Crippen molar-refractivity contribution in [2.75, 3.05) is 13.1 Å². The molecule has 0 fully saturated rings. The summed E-state index contributed by atoms with van der Waals surface area (Å²) in [6.45, 7) is 6.14. The monoisotopic (exact) mass is 626 g/mol. The van der Waals surface area contributed by atoms with Gasteiger partial charge in [0.25, 0.3) is 0 Å². The summed E-state index contributed by atoms with van der Waals surface area (Å²) in [5.74, 6) is 41.9. The van der Waals surface area contributed by atoms with Gasteiger partial charge in [-0.3, -0.25) is 4.90 Å². The number of hydrogen-bond acceptors (Lipinski definition) is 5. The molecule has 2 aromatic carbocycles. The van der Waals surface area contributed by atoms with Gasteiger partial charge in [-0.15, -0.1) is 23.7 Å². The maximum atomic E-state index is 10.4. The largest absolute Gasteiger partial charge is 0.504 e. The molecule has 2 aromatic rings. The first kappa shape index (κ1) is 36.8. The number of fused-ring (bicyclic) bond motifs is 2. The molecule has 7 heteroatoms. The van der Waals surface area contributed by atoms with Crippen LogP contribution in [0.2, 0.25) is 0 Å². The van der Waals surface area contributed by atoms with E-state index in [1.807, 2.05) is 6.07 Å². The third kappa shape index (κ3) is 11.5. The molecule has 1 aliphatic heterocycles. The zero-order chi connectivity index (χ0) is 32.0. The van der Waals surface area contributed by atoms with Crippen LogP contribution in [0.1, 0.15) is 54.4 Å². The van der Waals surface area contributed by atoms with Gasteiger partial charge in [0.2, 0.25) is 0 Å². The van der Waals surface area contributed by atoms with Crippen molar-refractivity contribution in [1.82, 2.24) is 4.90 Å². The molecule has 0 bridgehead atoms. The van der Waals surface area contributed by atoms with E-state index in [1.165, 1.54) is 16.5 Å². The topological polar surface area (TPSA) is 93.4 Å². The third-order valence-corrected chi connectivity index (χ3v) is 6.15. The highest BCUT2D eigenvalue weighted by Crippen LogP contribution is 2.50. The van der Waals surface area contributed by atoms with Crippen LogP contribution < -0.4 is 0 Å². The maximum Gasteiger partial charge on any atom is 0.165 e. The van der Waals surface area contributed by atoms with Gasteiger partial charge in [0.1, 0.15) is 0 Å². The number of rotatable bonds is 2. The predicted octanol–water partition coefficient (Wildman–Crippen LogP) is 6.83. The Labute approximate surface area is 283 Å². The van der Waals surface area contributed by atoms with E-state index in [2.05, 4.69) is 131 Å². The summed E-state index contributed by atoms with van der Waals surface area (Å²) in [6.07, 6.45) is 8.02. The van der Waals surface area contributed by atoms with Crippen molar-refractivity contribution in [2.45, 2.75) is 39.2 Å². The van der Waals surface area contributed by atoms with Crippen LogP contribution in [0.25, 0.3) is 11.1 Å². The number of phenols is 2. The van der Waals surface area contributed by atoms with Crippen LogP contribution in [0.4, 0.5) is 0 Å². The average Bonchev–Trinajstić information content (AvgIpc) is 3.03. The Hall–Kier alpha value is -6.27. The van der Waals surface area contributed by atoms with Gasteiger partial charge in [0.15, 0.2) is 16.8 Å². The van der Waals surface area contributed by atoms with Crippen molar-refractivity contribution in [3.63, 3.8) is 0 Å². The molecule has 236 valence electrons. The Balaban J connectivity index is -0.000000103. The molecule has 0 saturated carbocycles. The molecule has 0 saturated heterocycles. The number of benzene rings is 2. The highest BCUT2D eigenvalue weighted by Gasteiger charge is 2.35. The Kier molecular flexibility index (Phi) is 17.5. The molecule has 3 N–H and O–H groups in total. The van der Waals surface area contributed by atoms with Gasteiger partial charge in [-0.2, -0.15) is 0 Å². The average molecular weight is 627 g/mol. The summed E-state index contributed by atoms with van der Waals surface area (Å²) in [7, 11) is 0. The fourth-order valence-electron chi connectivity index (χ4n) is 4.64. The minimum Gasteiger partial charge on any atom is -0.504 e. The van der Waals surface area contributed by atoms with Crippen molar-refractivity contribution in [2.24, 2.45) is 5.34 Å². The van der Waals surface area contributed by atoms with Crippen LogP contribution in [-0.2, 0) is 12.8 Å². The highest BCUT2D eigenvalue weighted by atomic mass is 35.5. The fraction of sp³-hybridized carbons (Fsp3) is 0.211. The lowest BCUT2D eigenvalue weighted by atomic mass is 9.76. The van der Waals surface area contributed by atoms with E-state index >= 15 is 0 Å². The normalized spacial score (nSPS) is 11.4. The molecule has 0 amide bonds. The molecule has 2 aliphatic rings. The summed E-state index contributed by atoms with van der Waals surface area (Å²) >= 11 is 0. The van der Waals surface area contributed by atoms with Gasteiger partial charge >= 0.3 is 0 Å². The molecular formula is C38H43ClN2O4. The number of nitrogens with zero attached hydrogens (tertiary/aromatic N) is 2. The zero-order valence-electron chi connectivity index (χ0n) is 24.6. The van der Waals surface area contributed by atoms with Crippen LogP contribution in [0, 0.1) is 112 Å². The number of terminal acetylenes is 1. The Morgan fingerprint density at radius 2 is 1.40 bits per heavy atom. The van der Waals surface area contributed by atoms with Crippen molar-refractivity contribution >= 4 is 12.4 Å². The second kappa shape index (κ2) is 21.4. The van der Waals surface area contributed by atoms with E-state index in [4.69, 9.17) is 16.5 Å². The van der Waals surface area contributed by atoms with E-state index in [0.29, 0.717) is 6.04 Å². The molecule has 1 heterocycles. The lowest BCUT2D eigenvalue weighted by molar-refractivity contribution is 0.183. The number of phenolic OH excluding ortho intramolecular Hbond substituents is 2. The summed E-state index contributed by atoms with van der Waals surface area (Å²) in [4.78, 5) is 10.7. The lowest BCUT2D eigenvalue weighted by Crippen LogP contribution is -2.38. The predicted molar refractivity (Wildman–Crippen MR) is 196 cm³/mol. The van der Waals surface area contributed by atoms with Gasteiger partial charge in [-0.1, -0.05) is 37.1 Å². The second-order valence-electron chi connectivity index (χ2n) is 8.70. The summed E-state index contributed by atoms with van der Waals surface area (Å²) in [6, 6.07) is 10.3. The van der Waals surface area contributed by atoms with Gasteiger partial charge in [-0.05, 0) is 156 Å². The van der Waals surface area contributed by atoms with E-state index < -0.39 is 0 Å². The SMILES string of the molecule is C#CC#CC#CC#CC#CC#CC#CC#CC#CC.CCCN1CCc2cccc3c2[C@H]1Cc1ccc(O)c(O)c1-3.Cl.O=NO.[HH].[HH].[HH].[HH].[HH].[HH].[HH].[HH]. The second-order valence-corrected chi connectivity index (χ2v) is 8.70. The highest BCUT2D eigenvalue weighted by molar-refractivity contribution is 5.85. The first-order chi connectivity index (χ1) is 21.5. The quantitative estimate of drug-likeness (QED) is 0.147. The van der Waals surface area contributed by atoms with Crippen LogP contribution in [0.5, 0.6) is 11.5 Å². The molecule has 0 radical (unpaired) electrons. The van der Waals surface area contributed by atoms with E-state index in [0.717, 1.165) is 49.0 Å². The van der Waals surface area contributed by atoms with Crippen molar-refractivity contribution in [1.29, 1.82) is 0 Å². The molecule has 45 heavy (non-hydrogen) atoms. The van der Waals surface area contributed by atoms with Crippen LogP contribution in [0.15, 0.2) is 35.7 Å². The van der Waals surface area contributed by atoms with Gasteiger partial charge in [0.05, 0.1) is 0 Å². The van der Waals surface area contributed by atoms with E-state index in [-0.39, 0.29) is 35.3 Å². The Morgan fingerprint density at radius 3 is 1.91 bits per heavy atom. The first-order valence-electron chi connectivity index (χ1n) is 13.3. The van der Waals surface area contributed by atoms with E-state index in [1.54, 1.807) is 13.0 Å². The Bertz CT molecular complexity index is 1980. The number of hydrogen-bond donors (Lipinski definition) is 3. The molecule has 0 aromatic heterocycles. The molecule has 1 aliphatic carbocycles. The van der Waals surface area contributed by atoms with Gasteiger partial charge in [-0.25, -0.2) is 0 Å². The molecular weight excluding hydrogens is 584 g/mol. The van der Waals surface area contributed by atoms with Crippen LogP contribution in [-0.4, -0.2) is 33.4 Å². The molecule has 6 nitrogen and oxygen atoms in total. The van der Waals surface area contributed by atoms with Gasteiger partial charge < -0.3 is 15.4 Å². The maximum absolute atomic E-state index is 10.4. The minimum absolute atomic E-state index is 0. The molecule has 0 unspecified atom stereocenters.